The van der Waals surface area contributed by atoms with E-state index in [-0.39, 0.29) is 29.0 Å². The van der Waals surface area contributed by atoms with Crippen molar-refractivity contribution in [2.75, 3.05) is 18.1 Å². The molecule has 1 aromatic heterocycles. The quantitative estimate of drug-likeness (QED) is 0.383. The third kappa shape index (κ3) is 3.52. The van der Waals surface area contributed by atoms with Gasteiger partial charge in [-0.1, -0.05) is 36.4 Å². The first-order valence-electron chi connectivity index (χ1n) is 10.0. The number of esters is 1. The van der Waals surface area contributed by atoms with Gasteiger partial charge in [0.25, 0.3) is 5.78 Å². The van der Waals surface area contributed by atoms with Gasteiger partial charge in [-0.3, -0.25) is 9.59 Å². The summed E-state index contributed by atoms with van der Waals surface area (Å²) in [7, 11) is 0. The first-order chi connectivity index (χ1) is 14.9. The second-order valence-corrected chi connectivity index (χ2v) is 7.24. The number of anilines is 1. The Morgan fingerprint density at radius 1 is 1.10 bits per heavy atom. The van der Waals surface area contributed by atoms with Crippen LogP contribution in [0.2, 0.25) is 0 Å². The lowest BCUT2D eigenvalue weighted by molar-refractivity contribution is -0.114. The normalized spacial score (nSPS) is 12.5. The molecule has 6 nitrogen and oxygen atoms in total. The number of aromatic amines is 1. The summed E-state index contributed by atoms with van der Waals surface area (Å²) in [5.41, 5.74) is 2.00. The van der Waals surface area contributed by atoms with Crippen LogP contribution in [-0.2, 0) is 16.0 Å². The Morgan fingerprint density at radius 3 is 2.55 bits per heavy atom. The van der Waals surface area contributed by atoms with Crippen molar-refractivity contribution in [3.8, 4) is 11.1 Å². The van der Waals surface area contributed by atoms with E-state index in [1.165, 1.54) is 23.1 Å². The zero-order valence-electron chi connectivity index (χ0n) is 17.2. The average molecular weight is 420 g/mol. The molecule has 0 fully saturated rings. The highest BCUT2D eigenvalue weighted by atomic mass is 19.1. The molecule has 3 aromatic rings. The summed E-state index contributed by atoms with van der Waals surface area (Å²) in [5, 5.41) is 0. The summed E-state index contributed by atoms with van der Waals surface area (Å²) in [6.45, 7) is 3.74. The van der Waals surface area contributed by atoms with Gasteiger partial charge in [0.05, 0.1) is 12.2 Å². The number of aromatic nitrogens is 1. The predicted octanol–water partition coefficient (Wildman–Crippen LogP) is 4.08. The van der Waals surface area contributed by atoms with E-state index in [1.807, 2.05) is 12.1 Å². The molecule has 4 rings (SSSR count). The standard InChI is InChI=1S/C24H21FN2O4/c1-3-31-24(30)19-14(2)26-21(20(19)16-9-5-6-10-17(16)25)22(28)23(29)27-13-12-15-8-4-7-11-18(15)27/h4-11,26H,3,12-13H2,1-2H3. The number of benzene rings is 2. The minimum atomic E-state index is -0.839. The minimum absolute atomic E-state index is 0.0416. The molecule has 0 unspecified atom stereocenters. The number of Topliss-reactive ketones (excluding diaryl/α,β-unsaturated/α-hetero) is 1. The molecule has 0 aliphatic carbocycles. The summed E-state index contributed by atoms with van der Waals surface area (Å²) in [4.78, 5) is 43.3. The van der Waals surface area contributed by atoms with Crippen molar-refractivity contribution >= 4 is 23.3 Å². The number of rotatable bonds is 5. The minimum Gasteiger partial charge on any atom is -0.462 e. The number of halogens is 1. The molecule has 0 saturated carbocycles. The summed E-state index contributed by atoms with van der Waals surface area (Å²) in [6, 6.07) is 13.2. The highest BCUT2D eigenvalue weighted by molar-refractivity contribution is 6.48. The fourth-order valence-corrected chi connectivity index (χ4v) is 3.97. The third-order valence-corrected chi connectivity index (χ3v) is 5.36. The van der Waals surface area contributed by atoms with E-state index >= 15 is 0 Å². The van der Waals surface area contributed by atoms with Gasteiger partial charge >= 0.3 is 11.9 Å². The number of nitrogens with zero attached hydrogens (tertiary/aromatic N) is 1. The molecular formula is C24H21FN2O4. The molecule has 1 aliphatic heterocycles. The van der Waals surface area contributed by atoms with Gasteiger partial charge in [0, 0.05) is 29.1 Å². The average Bonchev–Trinajstić information content (AvgIpc) is 3.34. The number of aryl methyl sites for hydroxylation is 1. The van der Waals surface area contributed by atoms with Crippen molar-refractivity contribution in [2.24, 2.45) is 0 Å². The first-order valence-corrected chi connectivity index (χ1v) is 10.0. The van der Waals surface area contributed by atoms with E-state index in [2.05, 4.69) is 4.98 Å². The summed E-state index contributed by atoms with van der Waals surface area (Å²) >= 11 is 0. The number of ketones is 1. The van der Waals surface area contributed by atoms with Crippen LogP contribution < -0.4 is 4.90 Å². The van der Waals surface area contributed by atoms with Crippen LogP contribution in [0.5, 0.6) is 0 Å². The predicted molar refractivity (Wildman–Crippen MR) is 114 cm³/mol. The third-order valence-electron chi connectivity index (χ3n) is 5.36. The fraction of sp³-hybridized carbons (Fsp3) is 0.208. The SMILES string of the molecule is CCOC(=O)c1c(C)[nH]c(C(=O)C(=O)N2CCc3ccccc32)c1-c1ccccc1F. The number of ether oxygens (including phenoxy) is 1. The largest absolute Gasteiger partial charge is 0.462 e. The molecule has 7 heteroatoms. The Hall–Kier alpha value is -3.74. The number of nitrogens with one attached hydrogen (secondary N) is 1. The summed E-state index contributed by atoms with van der Waals surface area (Å²) < 4.78 is 19.8. The van der Waals surface area contributed by atoms with Crippen LogP contribution >= 0.6 is 0 Å². The molecule has 2 heterocycles. The molecule has 0 atom stereocenters. The zero-order valence-corrected chi connectivity index (χ0v) is 17.2. The summed E-state index contributed by atoms with van der Waals surface area (Å²) in [5.74, 6) is -2.87. The topological polar surface area (TPSA) is 79.5 Å². The maximum Gasteiger partial charge on any atom is 0.340 e. The van der Waals surface area contributed by atoms with Crippen LogP contribution in [-0.4, -0.2) is 35.8 Å². The molecule has 0 spiro atoms. The van der Waals surface area contributed by atoms with Gasteiger partial charge in [-0.25, -0.2) is 9.18 Å². The highest BCUT2D eigenvalue weighted by Gasteiger charge is 2.35. The Bertz CT molecular complexity index is 1200. The first kappa shape index (κ1) is 20.5. The van der Waals surface area contributed by atoms with Crippen LogP contribution in [0.3, 0.4) is 0 Å². The lowest BCUT2D eigenvalue weighted by Gasteiger charge is -2.16. The lowest BCUT2D eigenvalue weighted by Crippen LogP contribution is -2.35. The maximum absolute atomic E-state index is 14.7. The number of hydrogen-bond donors (Lipinski definition) is 1. The van der Waals surface area contributed by atoms with Crippen LogP contribution in [0.4, 0.5) is 10.1 Å². The van der Waals surface area contributed by atoms with Gasteiger partial charge in [0.1, 0.15) is 11.5 Å². The van der Waals surface area contributed by atoms with Crippen molar-refractivity contribution < 1.29 is 23.5 Å². The van der Waals surface area contributed by atoms with E-state index in [9.17, 15) is 18.8 Å². The lowest BCUT2D eigenvalue weighted by atomic mass is 9.97. The Labute approximate surface area is 178 Å². The molecule has 1 amide bonds. The van der Waals surface area contributed by atoms with Crippen LogP contribution in [0.25, 0.3) is 11.1 Å². The number of para-hydroxylation sites is 1. The Balaban J connectivity index is 1.82. The van der Waals surface area contributed by atoms with Crippen molar-refractivity contribution in [1.29, 1.82) is 0 Å². The summed E-state index contributed by atoms with van der Waals surface area (Å²) in [6.07, 6.45) is 0.646. The highest BCUT2D eigenvalue weighted by Crippen LogP contribution is 2.34. The molecule has 0 bridgehead atoms. The maximum atomic E-state index is 14.7. The van der Waals surface area contributed by atoms with Crippen LogP contribution in [0.1, 0.15) is 39.0 Å². The number of fused-ring (bicyclic) bond motifs is 1. The van der Waals surface area contributed by atoms with E-state index in [1.54, 1.807) is 32.0 Å². The van der Waals surface area contributed by atoms with Crippen molar-refractivity contribution in [3.05, 3.63) is 76.9 Å². The molecule has 1 N–H and O–H groups in total. The number of H-pyrrole nitrogens is 1. The van der Waals surface area contributed by atoms with Gasteiger partial charge in [0.2, 0.25) is 0 Å². The number of carbonyl (C=O) groups is 3. The van der Waals surface area contributed by atoms with Gasteiger partial charge in [-0.15, -0.1) is 0 Å². The van der Waals surface area contributed by atoms with E-state index in [0.717, 1.165) is 5.56 Å². The molecule has 0 radical (unpaired) electrons. The zero-order chi connectivity index (χ0) is 22.1. The van der Waals surface area contributed by atoms with Crippen molar-refractivity contribution in [2.45, 2.75) is 20.3 Å². The van der Waals surface area contributed by atoms with Crippen molar-refractivity contribution in [3.63, 3.8) is 0 Å². The van der Waals surface area contributed by atoms with Gasteiger partial charge < -0.3 is 14.6 Å². The number of amides is 1. The fourth-order valence-electron chi connectivity index (χ4n) is 3.97. The van der Waals surface area contributed by atoms with Gasteiger partial charge in [0.15, 0.2) is 0 Å². The smallest absolute Gasteiger partial charge is 0.340 e. The second-order valence-electron chi connectivity index (χ2n) is 7.24. The molecule has 2 aromatic carbocycles. The monoisotopic (exact) mass is 420 g/mol. The van der Waals surface area contributed by atoms with E-state index in [0.29, 0.717) is 24.3 Å². The number of hydrogen-bond acceptors (Lipinski definition) is 4. The van der Waals surface area contributed by atoms with E-state index in [4.69, 9.17) is 4.74 Å². The van der Waals surface area contributed by atoms with Crippen LogP contribution in [0, 0.1) is 12.7 Å². The van der Waals surface area contributed by atoms with Gasteiger partial charge in [-0.2, -0.15) is 0 Å². The Morgan fingerprint density at radius 2 is 1.81 bits per heavy atom. The molecular weight excluding hydrogens is 399 g/mol. The second kappa shape index (κ2) is 8.18. The molecule has 1 aliphatic rings. The molecule has 158 valence electrons. The van der Waals surface area contributed by atoms with Crippen molar-refractivity contribution in [1.82, 2.24) is 4.98 Å². The van der Waals surface area contributed by atoms with E-state index < -0.39 is 23.5 Å². The van der Waals surface area contributed by atoms with Gasteiger partial charge in [-0.05, 0) is 38.0 Å². The number of carbonyl (C=O) groups excluding carboxylic acids is 3. The molecule has 31 heavy (non-hydrogen) atoms. The molecule has 0 saturated heterocycles. The van der Waals surface area contributed by atoms with Crippen LogP contribution in [0.15, 0.2) is 48.5 Å². The Kier molecular flexibility index (Phi) is 5.42.